The molecule has 0 spiro atoms. The Hall–Kier alpha value is -2.47. The van der Waals surface area contributed by atoms with Crippen LogP contribution in [0.1, 0.15) is 72.6 Å². The van der Waals surface area contributed by atoms with Gasteiger partial charge in [-0.3, -0.25) is 0 Å². The van der Waals surface area contributed by atoms with Crippen molar-refractivity contribution in [2.75, 3.05) is 0 Å². The van der Waals surface area contributed by atoms with E-state index in [1.807, 2.05) is 53.7 Å². The first-order valence-electron chi connectivity index (χ1n) is 10.8. The van der Waals surface area contributed by atoms with E-state index in [2.05, 4.69) is 20.9 Å². The minimum atomic E-state index is -0.961. The van der Waals surface area contributed by atoms with Crippen LogP contribution in [0.3, 0.4) is 0 Å². The molecule has 4 nitrogen and oxygen atoms in total. The monoisotopic (exact) mass is 505 g/mol. The number of hydrogen-bond acceptors (Lipinski definition) is 3. The van der Waals surface area contributed by atoms with Gasteiger partial charge >= 0.3 is 5.97 Å². The van der Waals surface area contributed by atoms with Crippen molar-refractivity contribution < 1.29 is 18.7 Å². The van der Waals surface area contributed by atoms with Crippen LogP contribution < -0.4 is 0 Å². The Morgan fingerprint density at radius 1 is 1.28 bits per heavy atom. The highest BCUT2D eigenvalue weighted by atomic mass is 79.9. The second-order valence-electron chi connectivity index (χ2n) is 7.41. The van der Waals surface area contributed by atoms with Gasteiger partial charge in [-0.2, -0.15) is 0 Å². The van der Waals surface area contributed by atoms with Crippen molar-refractivity contribution in [2.24, 2.45) is 0 Å². The molecule has 32 heavy (non-hydrogen) atoms. The molecule has 2 aromatic rings. The van der Waals surface area contributed by atoms with E-state index in [0.717, 1.165) is 27.4 Å². The summed E-state index contributed by atoms with van der Waals surface area (Å²) in [5.41, 5.74) is 1.83. The van der Waals surface area contributed by atoms with Crippen molar-refractivity contribution >= 4 is 38.6 Å². The Kier molecular flexibility index (Phi) is 10.8. The van der Waals surface area contributed by atoms with Crippen LogP contribution in [0.5, 0.6) is 0 Å². The lowest BCUT2D eigenvalue weighted by molar-refractivity contribution is -0.132. The number of rotatable bonds is 8. The number of carboxylic acid groups (broad SMARTS) is 1. The normalized spacial score (nSPS) is 15.0. The van der Waals surface area contributed by atoms with Crippen LogP contribution in [-0.2, 0) is 10.2 Å². The topological polar surface area (TPSA) is 63.3 Å². The minimum absolute atomic E-state index is 0.250. The average molecular weight is 506 g/mol. The first kappa shape index (κ1) is 27.6. The Bertz CT molecular complexity index is 1060. The van der Waals surface area contributed by atoms with Gasteiger partial charge in [-0.15, -0.1) is 0 Å². The largest absolute Gasteiger partial charge is 0.478 e. The van der Waals surface area contributed by atoms with Crippen molar-refractivity contribution in [3.8, 4) is 0 Å². The molecule has 0 aliphatic heterocycles. The van der Waals surface area contributed by atoms with Gasteiger partial charge in [0, 0.05) is 11.6 Å². The van der Waals surface area contributed by atoms with E-state index in [4.69, 9.17) is 4.42 Å². The van der Waals surface area contributed by atoms with Gasteiger partial charge in [0.15, 0.2) is 0 Å². The molecule has 174 valence electrons. The number of halogens is 2. The van der Waals surface area contributed by atoms with Crippen molar-refractivity contribution in [3.63, 3.8) is 0 Å². The molecule has 0 saturated carbocycles. The highest BCUT2D eigenvalue weighted by Crippen LogP contribution is 2.38. The van der Waals surface area contributed by atoms with Gasteiger partial charge in [0.25, 0.3) is 0 Å². The molecule has 1 atom stereocenters. The number of aromatic nitrogens is 1. The molecule has 0 aliphatic carbocycles. The summed E-state index contributed by atoms with van der Waals surface area (Å²) in [6.07, 6.45) is 11.5. The molecule has 0 bridgehead atoms. The Morgan fingerprint density at radius 2 is 1.94 bits per heavy atom. The third-order valence-corrected chi connectivity index (χ3v) is 5.84. The summed E-state index contributed by atoms with van der Waals surface area (Å²) in [5.74, 6) is -0.672. The SMILES string of the molecule is CC.CC/C=C\C(=C/C(C)(CC)c1cnc2oc(/C(C)=C/C=C(\C)F)c(Br)c2c1)C(=O)O. The van der Waals surface area contributed by atoms with E-state index in [0.29, 0.717) is 17.9 Å². The highest BCUT2D eigenvalue weighted by molar-refractivity contribution is 9.10. The molecule has 0 radical (unpaired) electrons. The van der Waals surface area contributed by atoms with Crippen LogP contribution in [0.4, 0.5) is 4.39 Å². The van der Waals surface area contributed by atoms with Crippen molar-refractivity contribution in [1.82, 2.24) is 4.98 Å². The van der Waals surface area contributed by atoms with E-state index >= 15 is 0 Å². The summed E-state index contributed by atoms with van der Waals surface area (Å²) in [6, 6.07) is 1.96. The second kappa shape index (κ2) is 12.5. The van der Waals surface area contributed by atoms with Gasteiger partial charge in [-0.05, 0) is 65.9 Å². The van der Waals surface area contributed by atoms with Crippen LogP contribution in [0, 0.1) is 0 Å². The number of carboxylic acids is 1. The fraction of sp³-hybridized carbons (Fsp3) is 0.385. The molecule has 6 heteroatoms. The molecule has 0 fully saturated rings. The molecule has 1 N–H and O–H groups in total. The van der Waals surface area contributed by atoms with Crippen molar-refractivity contribution in [1.29, 1.82) is 0 Å². The first-order chi connectivity index (χ1) is 15.1. The first-order valence-corrected chi connectivity index (χ1v) is 11.6. The Morgan fingerprint density at radius 3 is 2.47 bits per heavy atom. The lowest BCUT2D eigenvalue weighted by atomic mass is 9.79. The number of furan rings is 1. The maximum absolute atomic E-state index is 13.1. The quantitative estimate of drug-likeness (QED) is 0.288. The highest BCUT2D eigenvalue weighted by Gasteiger charge is 2.26. The number of allylic oxidation sites excluding steroid dienone is 6. The Balaban J connectivity index is 0.00000249. The van der Waals surface area contributed by atoms with E-state index in [9.17, 15) is 14.3 Å². The number of aliphatic carboxylic acids is 1. The minimum Gasteiger partial charge on any atom is -0.478 e. The van der Waals surface area contributed by atoms with E-state index < -0.39 is 11.4 Å². The van der Waals surface area contributed by atoms with Crippen molar-refractivity contribution in [3.05, 3.63) is 69.8 Å². The zero-order chi connectivity index (χ0) is 24.5. The molecule has 0 amide bonds. The lowest BCUT2D eigenvalue weighted by Gasteiger charge is -2.25. The van der Waals surface area contributed by atoms with Crippen LogP contribution >= 0.6 is 15.9 Å². The molecule has 0 aromatic carbocycles. The summed E-state index contributed by atoms with van der Waals surface area (Å²) in [6.45, 7) is 13.2. The molecule has 0 aliphatic rings. The fourth-order valence-electron chi connectivity index (χ4n) is 2.99. The summed E-state index contributed by atoms with van der Waals surface area (Å²) in [7, 11) is 0. The van der Waals surface area contributed by atoms with Gasteiger partial charge in [0.05, 0.1) is 21.3 Å². The molecular formula is C26H33BrFNO3. The average Bonchev–Trinajstić information content (AvgIpc) is 3.12. The zero-order valence-corrected chi connectivity index (χ0v) is 21.5. The van der Waals surface area contributed by atoms with Crippen molar-refractivity contribution in [2.45, 2.75) is 66.7 Å². The summed E-state index contributed by atoms with van der Waals surface area (Å²) < 4.78 is 19.7. The molecule has 2 heterocycles. The van der Waals surface area contributed by atoms with E-state index in [1.54, 1.807) is 24.4 Å². The number of hydrogen-bond donors (Lipinski definition) is 1. The number of fused-ring (bicyclic) bond motifs is 1. The molecule has 2 aromatic heterocycles. The molecule has 0 saturated heterocycles. The van der Waals surface area contributed by atoms with E-state index in [-0.39, 0.29) is 11.4 Å². The molecule has 2 rings (SSSR count). The summed E-state index contributed by atoms with van der Waals surface area (Å²) in [4.78, 5) is 16.1. The van der Waals surface area contributed by atoms with Crippen LogP contribution in [0.15, 0.2) is 62.9 Å². The second-order valence-corrected chi connectivity index (χ2v) is 8.20. The summed E-state index contributed by atoms with van der Waals surface area (Å²) >= 11 is 3.58. The maximum atomic E-state index is 13.1. The molecule has 1 unspecified atom stereocenters. The Labute approximate surface area is 198 Å². The number of pyridine rings is 1. The van der Waals surface area contributed by atoms with Gasteiger partial charge in [0.1, 0.15) is 5.76 Å². The van der Waals surface area contributed by atoms with Gasteiger partial charge in [-0.1, -0.05) is 58.9 Å². The fourth-order valence-corrected chi connectivity index (χ4v) is 3.67. The third-order valence-electron chi connectivity index (χ3n) is 5.05. The standard InChI is InChI=1S/C24H27BrFNO3.C2H6/c1-6-8-9-17(23(28)29)13-24(5,7-2)18-12-19-20(25)21(30-22(19)27-14-18)15(3)10-11-16(4)26;1-2/h8-14H,6-7H2,1-5H3,(H,28,29);1-2H3/b9-8-,15-10+,16-11+,17-13+;. The summed E-state index contributed by atoms with van der Waals surface area (Å²) in [5, 5.41) is 10.4. The number of carbonyl (C=O) groups is 1. The maximum Gasteiger partial charge on any atom is 0.335 e. The van der Waals surface area contributed by atoms with Gasteiger partial charge < -0.3 is 9.52 Å². The lowest BCUT2D eigenvalue weighted by Crippen LogP contribution is -2.20. The van der Waals surface area contributed by atoms with Gasteiger partial charge in [-0.25, -0.2) is 14.2 Å². The van der Waals surface area contributed by atoms with Crippen LogP contribution in [-0.4, -0.2) is 16.1 Å². The smallest absolute Gasteiger partial charge is 0.335 e. The number of nitrogens with zero attached hydrogens (tertiary/aromatic N) is 1. The molecular weight excluding hydrogens is 473 g/mol. The van der Waals surface area contributed by atoms with Crippen LogP contribution in [0.25, 0.3) is 16.7 Å². The third kappa shape index (κ3) is 6.76. The van der Waals surface area contributed by atoms with Crippen LogP contribution in [0.2, 0.25) is 0 Å². The zero-order valence-electron chi connectivity index (χ0n) is 19.9. The predicted molar refractivity (Wildman–Crippen MR) is 134 cm³/mol. The van der Waals surface area contributed by atoms with Gasteiger partial charge in [0.2, 0.25) is 5.71 Å². The predicted octanol–water partition coefficient (Wildman–Crippen LogP) is 8.54. The van der Waals surface area contributed by atoms with E-state index in [1.165, 1.54) is 13.0 Å².